The third-order valence-electron chi connectivity index (χ3n) is 3.37. The molecule has 1 fully saturated rings. The minimum absolute atomic E-state index is 0.0435. The molecule has 0 radical (unpaired) electrons. The number of benzene rings is 1. The Labute approximate surface area is 109 Å². The molecule has 0 bridgehead atoms. The van der Waals surface area contributed by atoms with Crippen LogP contribution >= 0.6 is 0 Å². The van der Waals surface area contributed by atoms with Crippen LogP contribution in [0, 0.1) is 5.92 Å². The standard InChI is InChI=1S/C14H15F3O2/c15-14(16,17)11-7-3-4-8-13(11)19-9-12(18)10-5-1-2-6-10/h3-4,7-8,10H,1-2,5-6,9H2. The number of hydrogen-bond donors (Lipinski definition) is 0. The van der Waals surface area contributed by atoms with Gasteiger partial charge in [0.1, 0.15) is 12.4 Å². The fourth-order valence-corrected chi connectivity index (χ4v) is 2.34. The van der Waals surface area contributed by atoms with E-state index < -0.39 is 11.7 Å². The fraction of sp³-hybridized carbons (Fsp3) is 0.500. The number of ketones is 1. The molecule has 1 aromatic carbocycles. The number of alkyl halides is 3. The zero-order chi connectivity index (χ0) is 13.9. The molecule has 19 heavy (non-hydrogen) atoms. The molecule has 0 aromatic heterocycles. The van der Waals surface area contributed by atoms with Crippen molar-refractivity contribution in [3.8, 4) is 5.75 Å². The summed E-state index contributed by atoms with van der Waals surface area (Å²) in [6.45, 7) is -0.280. The van der Waals surface area contributed by atoms with E-state index in [0.717, 1.165) is 31.7 Å². The van der Waals surface area contributed by atoms with Gasteiger partial charge in [0, 0.05) is 5.92 Å². The first kappa shape index (κ1) is 13.9. The molecule has 1 aliphatic rings. The second-order valence-electron chi connectivity index (χ2n) is 4.73. The summed E-state index contributed by atoms with van der Waals surface area (Å²) in [6.07, 6.45) is -0.801. The van der Waals surface area contributed by atoms with Gasteiger partial charge in [-0.15, -0.1) is 0 Å². The van der Waals surface area contributed by atoms with E-state index in [0.29, 0.717) is 0 Å². The minimum Gasteiger partial charge on any atom is -0.485 e. The number of ether oxygens (including phenoxy) is 1. The lowest BCUT2D eigenvalue weighted by Crippen LogP contribution is -2.20. The van der Waals surface area contributed by atoms with Crippen LogP contribution in [-0.4, -0.2) is 12.4 Å². The van der Waals surface area contributed by atoms with Crippen molar-refractivity contribution in [2.75, 3.05) is 6.61 Å². The molecular weight excluding hydrogens is 257 g/mol. The van der Waals surface area contributed by atoms with Crippen molar-refractivity contribution in [2.45, 2.75) is 31.9 Å². The summed E-state index contributed by atoms with van der Waals surface area (Å²) >= 11 is 0. The van der Waals surface area contributed by atoms with Crippen LogP contribution in [-0.2, 0) is 11.0 Å². The van der Waals surface area contributed by atoms with Gasteiger partial charge in [0.05, 0.1) is 5.56 Å². The van der Waals surface area contributed by atoms with Gasteiger partial charge < -0.3 is 4.74 Å². The molecule has 104 valence electrons. The highest BCUT2D eigenvalue weighted by Crippen LogP contribution is 2.36. The molecule has 1 aliphatic carbocycles. The van der Waals surface area contributed by atoms with Gasteiger partial charge in [0.2, 0.25) is 0 Å². The molecule has 2 nitrogen and oxygen atoms in total. The van der Waals surface area contributed by atoms with E-state index in [4.69, 9.17) is 4.74 Å². The molecular formula is C14H15F3O2. The van der Waals surface area contributed by atoms with Crippen LogP contribution in [0.3, 0.4) is 0 Å². The summed E-state index contributed by atoms with van der Waals surface area (Å²) in [7, 11) is 0. The minimum atomic E-state index is -4.47. The zero-order valence-corrected chi connectivity index (χ0v) is 10.4. The predicted octanol–water partition coefficient (Wildman–Crippen LogP) is 3.84. The van der Waals surface area contributed by atoms with Crippen molar-refractivity contribution in [3.05, 3.63) is 29.8 Å². The average Bonchev–Trinajstić information content (AvgIpc) is 2.89. The number of carbonyl (C=O) groups excluding carboxylic acids is 1. The summed E-state index contributed by atoms with van der Waals surface area (Å²) in [5.41, 5.74) is -0.839. The normalized spacial score (nSPS) is 16.6. The van der Waals surface area contributed by atoms with Crippen molar-refractivity contribution in [3.63, 3.8) is 0 Å². The third-order valence-corrected chi connectivity index (χ3v) is 3.37. The molecule has 2 rings (SSSR count). The van der Waals surface area contributed by atoms with E-state index in [1.165, 1.54) is 18.2 Å². The average molecular weight is 272 g/mol. The van der Waals surface area contributed by atoms with E-state index in [2.05, 4.69) is 0 Å². The van der Waals surface area contributed by atoms with Gasteiger partial charge >= 0.3 is 6.18 Å². The predicted molar refractivity (Wildman–Crippen MR) is 63.9 cm³/mol. The molecule has 1 aromatic rings. The molecule has 0 amide bonds. The molecule has 5 heteroatoms. The number of rotatable bonds is 4. The Morgan fingerprint density at radius 2 is 1.84 bits per heavy atom. The third kappa shape index (κ3) is 3.49. The first-order valence-electron chi connectivity index (χ1n) is 6.30. The van der Waals surface area contributed by atoms with Crippen molar-refractivity contribution >= 4 is 5.78 Å². The molecule has 0 aliphatic heterocycles. The molecule has 0 atom stereocenters. The Morgan fingerprint density at radius 1 is 1.21 bits per heavy atom. The SMILES string of the molecule is O=C(COc1ccccc1C(F)(F)F)C1CCCC1. The van der Waals surface area contributed by atoms with E-state index >= 15 is 0 Å². The van der Waals surface area contributed by atoms with Crippen LogP contribution in [0.5, 0.6) is 5.75 Å². The van der Waals surface area contributed by atoms with Crippen LogP contribution in [0.25, 0.3) is 0 Å². The van der Waals surface area contributed by atoms with E-state index in [-0.39, 0.29) is 24.1 Å². The van der Waals surface area contributed by atoms with Crippen molar-refractivity contribution in [2.24, 2.45) is 5.92 Å². The maximum Gasteiger partial charge on any atom is 0.419 e. The van der Waals surface area contributed by atoms with Crippen LogP contribution in [0.4, 0.5) is 13.2 Å². The first-order valence-corrected chi connectivity index (χ1v) is 6.30. The number of para-hydroxylation sites is 1. The van der Waals surface area contributed by atoms with Crippen LogP contribution in [0.15, 0.2) is 24.3 Å². The molecule has 0 spiro atoms. The molecule has 0 saturated heterocycles. The summed E-state index contributed by atoms with van der Waals surface area (Å²) < 4.78 is 43.2. The summed E-state index contributed by atoms with van der Waals surface area (Å²) in [4.78, 5) is 11.8. The van der Waals surface area contributed by atoms with Crippen LogP contribution < -0.4 is 4.74 Å². The summed E-state index contributed by atoms with van der Waals surface area (Å²) in [6, 6.07) is 4.96. The summed E-state index contributed by atoms with van der Waals surface area (Å²) in [5.74, 6) is -0.422. The summed E-state index contributed by atoms with van der Waals surface area (Å²) in [5, 5.41) is 0. The Bertz CT molecular complexity index is 448. The monoisotopic (exact) mass is 272 g/mol. The Hall–Kier alpha value is -1.52. The second-order valence-corrected chi connectivity index (χ2v) is 4.73. The van der Waals surface area contributed by atoms with Crippen molar-refractivity contribution in [1.82, 2.24) is 0 Å². The lowest BCUT2D eigenvalue weighted by Gasteiger charge is -2.14. The van der Waals surface area contributed by atoms with Crippen molar-refractivity contribution in [1.29, 1.82) is 0 Å². The maximum absolute atomic E-state index is 12.7. The van der Waals surface area contributed by atoms with Gasteiger partial charge in [0.25, 0.3) is 0 Å². The number of carbonyl (C=O) groups is 1. The molecule has 0 unspecified atom stereocenters. The van der Waals surface area contributed by atoms with E-state index in [9.17, 15) is 18.0 Å². The van der Waals surface area contributed by atoms with E-state index in [1.807, 2.05) is 0 Å². The van der Waals surface area contributed by atoms with Gasteiger partial charge in [-0.25, -0.2) is 0 Å². The zero-order valence-electron chi connectivity index (χ0n) is 10.4. The van der Waals surface area contributed by atoms with Gasteiger partial charge in [-0.1, -0.05) is 25.0 Å². The Balaban J connectivity index is 2.01. The molecule has 0 heterocycles. The number of Topliss-reactive ketones (excluding diaryl/α,β-unsaturated/α-hetero) is 1. The Kier molecular flexibility index (Phi) is 4.12. The van der Waals surface area contributed by atoms with Crippen LogP contribution in [0.1, 0.15) is 31.2 Å². The topological polar surface area (TPSA) is 26.3 Å². The highest BCUT2D eigenvalue weighted by atomic mass is 19.4. The smallest absolute Gasteiger partial charge is 0.419 e. The van der Waals surface area contributed by atoms with Gasteiger partial charge in [-0.3, -0.25) is 4.79 Å². The van der Waals surface area contributed by atoms with E-state index in [1.54, 1.807) is 0 Å². The highest BCUT2D eigenvalue weighted by molar-refractivity contribution is 5.82. The number of halogens is 3. The lowest BCUT2D eigenvalue weighted by molar-refractivity contribution is -0.139. The Morgan fingerprint density at radius 3 is 2.47 bits per heavy atom. The molecule has 0 N–H and O–H groups in total. The maximum atomic E-state index is 12.7. The number of hydrogen-bond acceptors (Lipinski definition) is 2. The highest BCUT2D eigenvalue weighted by Gasteiger charge is 2.34. The quantitative estimate of drug-likeness (QED) is 0.832. The van der Waals surface area contributed by atoms with Crippen molar-refractivity contribution < 1.29 is 22.7 Å². The second kappa shape index (κ2) is 5.63. The van der Waals surface area contributed by atoms with Crippen LogP contribution in [0.2, 0.25) is 0 Å². The van der Waals surface area contributed by atoms with Gasteiger partial charge in [-0.2, -0.15) is 13.2 Å². The van der Waals surface area contributed by atoms with Gasteiger partial charge in [0.15, 0.2) is 5.78 Å². The fourth-order valence-electron chi connectivity index (χ4n) is 2.34. The van der Waals surface area contributed by atoms with Gasteiger partial charge in [-0.05, 0) is 25.0 Å². The lowest BCUT2D eigenvalue weighted by atomic mass is 10.0. The largest absolute Gasteiger partial charge is 0.485 e. The first-order chi connectivity index (χ1) is 8.98. The molecule has 1 saturated carbocycles.